The Morgan fingerprint density at radius 3 is 2.52 bits per heavy atom. The first-order valence-electron chi connectivity index (χ1n) is 7.95. The van der Waals surface area contributed by atoms with Crippen molar-refractivity contribution in [3.8, 4) is 0 Å². The lowest BCUT2D eigenvalue weighted by atomic mass is 9.98. The van der Waals surface area contributed by atoms with Crippen LogP contribution < -0.4 is 16.6 Å². The van der Waals surface area contributed by atoms with Crippen LogP contribution >= 0.6 is 0 Å². The number of nitrogens with zero attached hydrogens (tertiary/aromatic N) is 1. The summed E-state index contributed by atoms with van der Waals surface area (Å²) >= 11 is 0. The molecule has 2 N–H and O–H groups in total. The molecule has 1 amide bonds. The molecule has 25 heavy (non-hydrogen) atoms. The van der Waals surface area contributed by atoms with Crippen molar-refractivity contribution in [1.82, 2.24) is 14.9 Å². The third-order valence-electron chi connectivity index (χ3n) is 4.29. The number of hydrogen-bond acceptors (Lipinski definition) is 5. The van der Waals surface area contributed by atoms with E-state index in [-0.39, 0.29) is 17.6 Å². The Labute approximate surface area is 143 Å². The lowest BCUT2D eigenvalue weighted by Gasteiger charge is -2.26. The van der Waals surface area contributed by atoms with Crippen molar-refractivity contribution < 1.29 is 14.3 Å². The number of carbonyl (C=O) groups is 2. The predicted octanol–water partition coefficient (Wildman–Crippen LogP) is 0.781. The van der Waals surface area contributed by atoms with E-state index < -0.39 is 28.7 Å². The highest BCUT2D eigenvalue weighted by Crippen LogP contribution is 2.15. The first kappa shape index (κ1) is 18.4. The molecule has 1 aromatic heterocycles. The largest absolute Gasteiger partial charge is 0.467 e. The molecular formula is C17H21N3O5. The molecule has 0 saturated heterocycles. The summed E-state index contributed by atoms with van der Waals surface area (Å²) in [6, 6.07) is 4.38. The van der Waals surface area contributed by atoms with E-state index in [0.29, 0.717) is 11.8 Å². The Kier molecular flexibility index (Phi) is 5.10. The van der Waals surface area contributed by atoms with Crippen molar-refractivity contribution in [1.29, 1.82) is 0 Å². The number of nitrogens with one attached hydrogen (secondary N) is 2. The number of aromatic amines is 1. The minimum Gasteiger partial charge on any atom is -0.467 e. The van der Waals surface area contributed by atoms with Crippen LogP contribution in [0, 0.1) is 0 Å². The van der Waals surface area contributed by atoms with Gasteiger partial charge in [-0.3, -0.25) is 14.2 Å². The molecule has 0 aliphatic rings. The number of benzene rings is 1. The fraction of sp³-hybridized carbons (Fsp3) is 0.412. The van der Waals surface area contributed by atoms with Gasteiger partial charge >= 0.3 is 11.7 Å². The number of H-pyrrole nitrogens is 1. The highest BCUT2D eigenvalue weighted by molar-refractivity contribution is 6.00. The van der Waals surface area contributed by atoms with Gasteiger partial charge in [-0.1, -0.05) is 6.92 Å². The average molecular weight is 347 g/mol. The van der Waals surface area contributed by atoms with E-state index in [9.17, 15) is 19.2 Å². The molecule has 0 bridgehead atoms. The van der Waals surface area contributed by atoms with Crippen molar-refractivity contribution in [2.45, 2.75) is 39.3 Å². The maximum absolute atomic E-state index is 12.5. The Balaban J connectivity index is 2.45. The van der Waals surface area contributed by atoms with E-state index >= 15 is 0 Å². The summed E-state index contributed by atoms with van der Waals surface area (Å²) in [6.07, 6.45) is 0.344. The van der Waals surface area contributed by atoms with Gasteiger partial charge < -0.3 is 15.0 Å². The van der Waals surface area contributed by atoms with E-state index in [1.54, 1.807) is 20.8 Å². The second-order valence-corrected chi connectivity index (χ2v) is 5.87. The van der Waals surface area contributed by atoms with E-state index in [4.69, 9.17) is 4.74 Å². The highest BCUT2D eigenvalue weighted by Gasteiger charge is 2.34. The van der Waals surface area contributed by atoms with E-state index in [1.165, 1.54) is 25.3 Å². The predicted molar refractivity (Wildman–Crippen MR) is 92.7 cm³/mol. The van der Waals surface area contributed by atoms with E-state index in [1.807, 2.05) is 0 Å². The number of amides is 1. The lowest BCUT2D eigenvalue weighted by molar-refractivity contribution is -0.147. The first-order valence-corrected chi connectivity index (χ1v) is 7.95. The van der Waals surface area contributed by atoms with Gasteiger partial charge in [0.2, 0.25) is 0 Å². The second-order valence-electron chi connectivity index (χ2n) is 5.87. The quantitative estimate of drug-likeness (QED) is 0.777. The maximum Gasteiger partial charge on any atom is 0.331 e. The van der Waals surface area contributed by atoms with Crippen LogP contribution in [-0.4, -0.2) is 34.1 Å². The first-order chi connectivity index (χ1) is 11.8. The molecular weight excluding hydrogens is 326 g/mol. The summed E-state index contributed by atoms with van der Waals surface area (Å²) in [5.41, 5.74) is -1.63. The monoisotopic (exact) mass is 347 g/mol. The van der Waals surface area contributed by atoms with Crippen molar-refractivity contribution in [2.75, 3.05) is 7.11 Å². The Bertz CT molecular complexity index is 943. The number of carbonyl (C=O) groups excluding carboxylic acids is 2. The summed E-state index contributed by atoms with van der Waals surface area (Å²) in [4.78, 5) is 51.1. The highest BCUT2D eigenvalue weighted by atomic mass is 16.5. The van der Waals surface area contributed by atoms with Crippen LogP contribution in [0.25, 0.3) is 10.9 Å². The van der Waals surface area contributed by atoms with Gasteiger partial charge in [0.15, 0.2) is 0 Å². The smallest absolute Gasteiger partial charge is 0.331 e. The van der Waals surface area contributed by atoms with Crippen LogP contribution in [0.15, 0.2) is 27.8 Å². The molecule has 8 nitrogen and oxygen atoms in total. The van der Waals surface area contributed by atoms with Gasteiger partial charge in [0, 0.05) is 12.1 Å². The van der Waals surface area contributed by atoms with Crippen molar-refractivity contribution in [2.24, 2.45) is 0 Å². The van der Waals surface area contributed by atoms with E-state index in [2.05, 4.69) is 10.3 Å². The summed E-state index contributed by atoms with van der Waals surface area (Å²) < 4.78 is 5.80. The number of fused-ring (bicyclic) bond motifs is 1. The molecule has 1 heterocycles. The molecule has 1 aromatic carbocycles. The molecule has 2 aromatic rings. The van der Waals surface area contributed by atoms with Gasteiger partial charge in [0.1, 0.15) is 5.54 Å². The van der Waals surface area contributed by atoms with Crippen LogP contribution in [0.4, 0.5) is 0 Å². The molecule has 0 spiro atoms. The van der Waals surface area contributed by atoms with Gasteiger partial charge in [0.05, 0.1) is 18.0 Å². The van der Waals surface area contributed by atoms with Crippen LogP contribution in [0.1, 0.15) is 37.6 Å². The molecule has 1 unspecified atom stereocenters. The molecule has 1 atom stereocenters. The van der Waals surface area contributed by atoms with E-state index in [0.717, 1.165) is 4.57 Å². The van der Waals surface area contributed by atoms with Crippen LogP contribution in [0.2, 0.25) is 0 Å². The standard InChI is InChI=1S/C17H21N3O5/c1-5-17(3,15(23)25-4)19-13(21)10-7-8-11-12(9-10)18-16(24)20(6-2)14(11)22/h7-9H,5-6H2,1-4H3,(H,18,24)(H,19,21). The number of esters is 1. The second kappa shape index (κ2) is 6.92. The van der Waals surface area contributed by atoms with Crippen molar-refractivity contribution >= 4 is 22.8 Å². The molecule has 0 aliphatic carbocycles. The van der Waals surface area contributed by atoms with Crippen LogP contribution in [-0.2, 0) is 16.1 Å². The Hall–Kier alpha value is -2.90. The van der Waals surface area contributed by atoms with Gasteiger partial charge in [-0.15, -0.1) is 0 Å². The third kappa shape index (κ3) is 3.33. The van der Waals surface area contributed by atoms with Gasteiger partial charge in [-0.25, -0.2) is 9.59 Å². The summed E-state index contributed by atoms with van der Waals surface area (Å²) in [5, 5.41) is 2.95. The topological polar surface area (TPSA) is 110 Å². The molecule has 134 valence electrons. The number of methoxy groups -OCH3 is 1. The molecule has 0 aliphatic heterocycles. The summed E-state index contributed by atoms with van der Waals surface area (Å²) in [7, 11) is 1.25. The fourth-order valence-corrected chi connectivity index (χ4v) is 2.51. The average Bonchev–Trinajstić information content (AvgIpc) is 2.60. The summed E-state index contributed by atoms with van der Waals surface area (Å²) in [6.45, 7) is 5.27. The fourth-order valence-electron chi connectivity index (χ4n) is 2.51. The number of rotatable bonds is 5. The number of aromatic nitrogens is 2. The minimum absolute atomic E-state index is 0.223. The summed E-state index contributed by atoms with van der Waals surface area (Å²) in [5.74, 6) is -1.06. The van der Waals surface area contributed by atoms with Crippen molar-refractivity contribution in [3.05, 3.63) is 44.6 Å². The molecule has 0 saturated carbocycles. The van der Waals surface area contributed by atoms with Gasteiger partial charge in [-0.05, 0) is 38.5 Å². The Morgan fingerprint density at radius 1 is 1.28 bits per heavy atom. The molecule has 0 radical (unpaired) electrons. The third-order valence-corrected chi connectivity index (χ3v) is 4.29. The maximum atomic E-state index is 12.5. The zero-order valence-corrected chi connectivity index (χ0v) is 14.6. The van der Waals surface area contributed by atoms with Gasteiger partial charge in [-0.2, -0.15) is 0 Å². The normalized spacial score (nSPS) is 13.3. The van der Waals surface area contributed by atoms with Gasteiger partial charge in [0.25, 0.3) is 11.5 Å². The lowest BCUT2D eigenvalue weighted by Crippen LogP contribution is -2.52. The van der Waals surface area contributed by atoms with Crippen LogP contribution in [0.5, 0.6) is 0 Å². The number of ether oxygens (including phenoxy) is 1. The molecule has 0 fully saturated rings. The van der Waals surface area contributed by atoms with Crippen LogP contribution in [0.3, 0.4) is 0 Å². The molecule has 8 heteroatoms. The van der Waals surface area contributed by atoms with Crippen molar-refractivity contribution in [3.63, 3.8) is 0 Å². The number of hydrogen-bond donors (Lipinski definition) is 2. The zero-order chi connectivity index (χ0) is 18.8. The molecule has 2 rings (SSSR count). The Morgan fingerprint density at radius 2 is 1.96 bits per heavy atom. The minimum atomic E-state index is -1.17. The SMILES string of the molecule is CCn1c(=O)[nH]c2cc(C(=O)NC(C)(CC)C(=O)OC)ccc2c1=O. The zero-order valence-electron chi connectivity index (χ0n) is 14.6.